The quantitative estimate of drug-likeness (QED) is 0.765. The van der Waals surface area contributed by atoms with Crippen molar-refractivity contribution < 1.29 is 13.2 Å². The third kappa shape index (κ3) is 3.33. The molecule has 1 N–H and O–H groups in total. The number of benzene rings is 1. The van der Waals surface area contributed by atoms with Crippen LogP contribution in [0.2, 0.25) is 0 Å². The van der Waals surface area contributed by atoms with Crippen LogP contribution in [0.5, 0.6) is 5.75 Å². The van der Waals surface area contributed by atoms with Crippen LogP contribution in [-0.2, 0) is 10.0 Å². The summed E-state index contributed by atoms with van der Waals surface area (Å²) >= 11 is 0. The molecule has 8 heteroatoms. The molecule has 0 amide bonds. The number of pyridine rings is 1. The van der Waals surface area contributed by atoms with Crippen molar-refractivity contribution in [3.63, 3.8) is 0 Å². The summed E-state index contributed by atoms with van der Waals surface area (Å²) in [6.07, 6.45) is 6.11. The van der Waals surface area contributed by atoms with E-state index in [0.29, 0.717) is 22.7 Å². The number of hydrogen-bond acceptors (Lipinski definition) is 6. The second kappa shape index (κ2) is 6.63. The van der Waals surface area contributed by atoms with Crippen LogP contribution < -0.4 is 9.46 Å². The van der Waals surface area contributed by atoms with E-state index in [-0.39, 0.29) is 4.90 Å². The van der Waals surface area contributed by atoms with Gasteiger partial charge in [-0.15, -0.1) is 0 Å². The Morgan fingerprint density at radius 2 is 1.75 bits per heavy atom. The van der Waals surface area contributed by atoms with E-state index in [1.165, 1.54) is 25.6 Å². The van der Waals surface area contributed by atoms with Crippen molar-refractivity contribution in [3.05, 3.63) is 61.3 Å². The molecule has 0 radical (unpaired) electrons. The van der Waals surface area contributed by atoms with Crippen molar-refractivity contribution in [1.29, 1.82) is 0 Å². The van der Waals surface area contributed by atoms with E-state index in [1.807, 2.05) is 0 Å². The molecular formula is C16H14N4O3S. The molecule has 122 valence electrons. The van der Waals surface area contributed by atoms with E-state index in [4.69, 9.17) is 4.74 Å². The topological polar surface area (TPSA) is 94.1 Å². The lowest BCUT2D eigenvalue weighted by atomic mass is 10.2. The fourth-order valence-electron chi connectivity index (χ4n) is 2.10. The molecule has 0 unspecified atom stereocenters. The highest BCUT2D eigenvalue weighted by atomic mass is 32.2. The van der Waals surface area contributed by atoms with E-state index in [1.54, 1.807) is 42.9 Å². The van der Waals surface area contributed by atoms with E-state index in [2.05, 4.69) is 19.7 Å². The van der Waals surface area contributed by atoms with Crippen molar-refractivity contribution in [1.82, 2.24) is 15.0 Å². The Kier molecular flexibility index (Phi) is 4.39. The fourth-order valence-corrected chi connectivity index (χ4v) is 3.16. The molecule has 0 aliphatic heterocycles. The first kappa shape index (κ1) is 15.9. The Hall–Kier alpha value is -3.00. The van der Waals surface area contributed by atoms with Gasteiger partial charge in [-0.25, -0.2) is 18.4 Å². The molecule has 0 fully saturated rings. The Morgan fingerprint density at radius 3 is 2.42 bits per heavy atom. The van der Waals surface area contributed by atoms with Crippen LogP contribution in [0, 0.1) is 0 Å². The average Bonchev–Trinajstić information content (AvgIpc) is 2.63. The van der Waals surface area contributed by atoms with Crippen LogP contribution in [0.4, 0.5) is 5.69 Å². The van der Waals surface area contributed by atoms with Gasteiger partial charge in [0, 0.05) is 24.2 Å². The van der Waals surface area contributed by atoms with Gasteiger partial charge >= 0.3 is 0 Å². The normalized spacial score (nSPS) is 11.0. The first-order chi connectivity index (χ1) is 11.6. The van der Waals surface area contributed by atoms with Crippen LogP contribution in [0.25, 0.3) is 11.3 Å². The molecule has 2 heterocycles. The monoisotopic (exact) mass is 342 g/mol. The van der Waals surface area contributed by atoms with Gasteiger partial charge < -0.3 is 4.74 Å². The molecule has 0 atom stereocenters. The maximum atomic E-state index is 12.6. The van der Waals surface area contributed by atoms with Crippen molar-refractivity contribution in [2.45, 2.75) is 4.90 Å². The number of nitrogens with one attached hydrogen (secondary N) is 1. The van der Waals surface area contributed by atoms with Gasteiger partial charge in [-0.2, -0.15) is 0 Å². The van der Waals surface area contributed by atoms with Gasteiger partial charge in [0.25, 0.3) is 10.0 Å². The summed E-state index contributed by atoms with van der Waals surface area (Å²) in [7, 11) is -2.24. The Labute approximate surface area is 139 Å². The van der Waals surface area contributed by atoms with Gasteiger partial charge in [-0.1, -0.05) is 0 Å². The first-order valence-electron chi connectivity index (χ1n) is 6.97. The molecule has 0 aliphatic carbocycles. The lowest BCUT2D eigenvalue weighted by Crippen LogP contribution is -2.14. The van der Waals surface area contributed by atoms with Gasteiger partial charge in [0.2, 0.25) is 0 Å². The molecule has 7 nitrogen and oxygen atoms in total. The van der Waals surface area contributed by atoms with Crippen LogP contribution >= 0.6 is 0 Å². The molecule has 0 bridgehead atoms. The number of ether oxygens (including phenoxy) is 1. The largest absolute Gasteiger partial charge is 0.497 e. The molecule has 24 heavy (non-hydrogen) atoms. The summed E-state index contributed by atoms with van der Waals surface area (Å²) in [6, 6.07) is 9.41. The zero-order chi connectivity index (χ0) is 17.0. The number of methoxy groups -OCH3 is 1. The van der Waals surface area contributed by atoms with Gasteiger partial charge in [0.1, 0.15) is 12.1 Å². The van der Waals surface area contributed by atoms with Crippen molar-refractivity contribution in [3.8, 4) is 17.0 Å². The highest BCUT2D eigenvalue weighted by molar-refractivity contribution is 7.92. The van der Waals surface area contributed by atoms with Gasteiger partial charge in [0.15, 0.2) is 0 Å². The molecule has 0 saturated carbocycles. The van der Waals surface area contributed by atoms with Crippen LogP contribution in [0.15, 0.2) is 66.2 Å². The summed E-state index contributed by atoms with van der Waals surface area (Å²) in [5.41, 5.74) is 1.42. The van der Waals surface area contributed by atoms with Gasteiger partial charge in [0.05, 0.1) is 23.4 Å². The number of aromatic nitrogens is 3. The minimum Gasteiger partial charge on any atom is -0.497 e. The molecule has 1 aromatic carbocycles. The van der Waals surface area contributed by atoms with Crippen molar-refractivity contribution >= 4 is 15.7 Å². The minimum absolute atomic E-state index is 0.127. The fraction of sp³-hybridized carbons (Fsp3) is 0.0625. The highest BCUT2D eigenvalue weighted by Crippen LogP contribution is 2.26. The molecule has 3 aromatic rings. The summed E-state index contributed by atoms with van der Waals surface area (Å²) in [4.78, 5) is 12.2. The molecular weight excluding hydrogens is 328 g/mol. The maximum Gasteiger partial charge on any atom is 0.261 e. The van der Waals surface area contributed by atoms with Crippen molar-refractivity contribution in [2.24, 2.45) is 0 Å². The molecule has 2 aromatic heterocycles. The highest BCUT2D eigenvalue weighted by Gasteiger charge is 2.17. The van der Waals surface area contributed by atoms with E-state index >= 15 is 0 Å². The third-order valence-electron chi connectivity index (χ3n) is 3.26. The number of sulfonamides is 1. The maximum absolute atomic E-state index is 12.6. The summed E-state index contributed by atoms with van der Waals surface area (Å²) in [5, 5.41) is 0. The SMILES string of the molecule is COc1ccc(S(=O)(=O)Nc2cccnc2-c2cncnc2)cc1. The van der Waals surface area contributed by atoms with Gasteiger partial charge in [-0.3, -0.25) is 9.71 Å². The van der Waals surface area contributed by atoms with Crippen LogP contribution in [0.1, 0.15) is 0 Å². The second-order valence-electron chi connectivity index (χ2n) is 4.81. The Morgan fingerprint density at radius 1 is 1.04 bits per heavy atom. The molecule has 3 rings (SSSR count). The average molecular weight is 342 g/mol. The zero-order valence-corrected chi connectivity index (χ0v) is 13.6. The lowest BCUT2D eigenvalue weighted by molar-refractivity contribution is 0.414. The van der Waals surface area contributed by atoms with E-state index < -0.39 is 10.0 Å². The standard InChI is InChI=1S/C16H14N4O3S/c1-23-13-4-6-14(7-5-13)24(21,22)20-15-3-2-8-19-16(15)12-9-17-11-18-10-12/h2-11,20H,1H3. The van der Waals surface area contributed by atoms with Crippen LogP contribution in [0.3, 0.4) is 0 Å². The summed E-state index contributed by atoms with van der Waals surface area (Å²) in [5.74, 6) is 0.581. The Balaban J connectivity index is 1.96. The summed E-state index contributed by atoms with van der Waals surface area (Å²) in [6.45, 7) is 0. The number of rotatable bonds is 5. The smallest absolute Gasteiger partial charge is 0.261 e. The number of hydrogen-bond donors (Lipinski definition) is 1. The first-order valence-corrected chi connectivity index (χ1v) is 8.46. The van der Waals surface area contributed by atoms with E-state index in [9.17, 15) is 8.42 Å². The predicted molar refractivity (Wildman–Crippen MR) is 89.1 cm³/mol. The predicted octanol–water partition coefficient (Wildman–Crippen LogP) is 2.35. The van der Waals surface area contributed by atoms with Gasteiger partial charge in [-0.05, 0) is 36.4 Å². The number of nitrogens with zero attached hydrogens (tertiary/aromatic N) is 3. The summed E-state index contributed by atoms with van der Waals surface area (Å²) < 4.78 is 32.7. The van der Waals surface area contributed by atoms with E-state index in [0.717, 1.165) is 0 Å². The Bertz CT molecular complexity index is 929. The lowest BCUT2D eigenvalue weighted by Gasteiger charge is -2.12. The van der Waals surface area contributed by atoms with Crippen molar-refractivity contribution in [2.75, 3.05) is 11.8 Å². The molecule has 0 spiro atoms. The third-order valence-corrected chi connectivity index (χ3v) is 4.64. The van der Waals surface area contributed by atoms with Crippen LogP contribution in [-0.4, -0.2) is 30.5 Å². The molecule has 0 saturated heterocycles. The second-order valence-corrected chi connectivity index (χ2v) is 6.49. The number of anilines is 1. The molecule has 0 aliphatic rings. The zero-order valence-electron chi connectivity index (χ0n) is 12.7. The minimum atomic E-state index is -3.76.